The van der Waals surface area contributed by atoms with Gasteiger partial charge in [0.1, 0.15) is 10.6 Å². The van der Waals surface area contributed by atoms with Crippen molar-refractivity contribution >= 4 is 21.4 Å². The number of hydrogen-bond acceptors (Lipinski definition) is 4. The van der Waals surface area contributed by atoms with Crippen LogP contribution in [-0.4, -0.2) is 32.9 Å². The van der Waals surface area contributed by atoms with Crippen LogP contribution in [0, 0.1) is 6.92 Å². The summed E-state index contributed by atoms with van der Waals surface area (Å²) in [7, 11) is -2.01. The van der Waals surface area contributed by atoms with E-state index in [0.717, 1.165) is 12.0 Å². The molecule has 0 saturated carbocycles. The molecular weight excluding hydrogens is 318 g/mol. The first-order chi connectivity index (χ1) is 10.5. The van der Waals surface area contributed by atoms with Gasteiger partial charge in [-0.15, -0.1) is 11.3 Å². The molecule has 118 valence electrons. The van der Waals surface area contributed by atoms with E-state index in [1.54, 1.807) is 27.8 Å². The van der Waals surface area contributed by atoms with Crippen LogP contribution in [-0.2, 0) is 10.0 Å². The van der Waals surface area contributed by atoms with Crippen molar-refractivity contribution in [3.05, 3.63) is 46.2 Å². The van der Waals surface area contributed by atoms with Gasteiger partial charge in [-0.3, -0.25) is 0 Å². The molecule has 4 nitrogen and oxygen atoms in total. The summed E-state index contributed by atoms with van der Waals surface area (Å²) in [5.41, 5.74) is 0.911. The summed E-state index contributed by atoms with van der Waals surface area (Å²) < 4.78 is 32.7. The fraction of sp³-hybridized carbons (Fsp3) is 0.375. The van der Waals surface area contributed by atoms with Crippen LogP contribution in [0.1, 0.15) is 22.8 Å². The summed E-state index contributed by atoms with van der Waals surface area (Å²) in [4.78, 5) is 1.52. The first-order valence-corrected chi connectivity index (χ1v) is 9.52. The van der Waals surface area contributed by atoms with E-state index in [4.69, 9.17) is 4.74 Å². The van der Waals surface area contributed by atoms with E-state index in [0.29, 0.717) is 24.8 Å². The molecule has 1 aromatic heterocycles. The van der Waals surface area contributed by atoms with Crippen molar-refractivity contribution < 1.29 is 13.2 Å². The van der Waals surface area contributed by atoms with Crippen molar-refractivity contribution in [2.75, 3.05) is 20.2 Å². The minimum absolute atomic E-state index is 0.266. The molecule has 0 aliphatic carbocycles. The van der Waals surface area contributed by atoms with Crippen LogP contribution in [0.25, 0.3) is 0 Å². The maximum absolute atomic E-state index is 12.9. The molecule has 1 saturated heterocycles. The van der Waals surface area contributed by atoms with Gasteiger partial charge in [0.2, 0.25) is 10.0 Å². The van der Waals surface area contributed by atoms with Crippen molar-refractivity contribution in [3.8, 4) is 5.75 Å². The summed E-state index contributed by atoms with van der Waals surface area (Å²) in [6, 6.07) is 9.36. The molecule has 3 rings (SSSR count). The van der Waals surface area contributed by atoms with Crippen LogP contribution in [0.4, 0.5) is 0 Å². The maximum atomic E-state index is 12.9. The lowest BCUT2D eigenvalue weighted by Gasteiger charge is -2.18. The Bertz CT molecular complexity index is 754. The number of thiophene rings is 1. The fourth-order valence-corrected chi connectivity index (χ4v) is 5.42. The largest absolute Gasteiger partial charge is 0.495 e. The van der Waals surface area contributed by atoms with Crippen molar-refractivity contribution in [1.29, 1.82) is 0 Å². The normalized spacial score (nSPS) is 19.5. The zero-order chi connectivity index (χ0) is 15.7. The second kappa shape index (κ2) is 6.02. The highest BCUT2D eigenvalue weighted by Crippen LogP contribution is 2.35. The van der Waals surface area contributed by atoms with Gasteiger partial charge in [0, 0.05) is 23.9 Å². The van der Waals surface area contributed by atoms with Crippen LogP contribution in [0.2, 0.25) is 0 Å². The number of rotatable bonds is 4. The standard InChI is InChI=1S/C16H19NO3S2/c1-12-5-6-14(20-2)16(10-12)22(18,19)17-8-7-13(11-17)15-4-3-9-21-15/h3-6,9-10,13H,7-8,11H2,1-2H3. The van der Waals surface area contributed by atoms with Gasteiger partial charge in [-0.2, -0.15) is 4.31 Å². The highest BCUT2D eigenvalue weighted by atomic mass is 32.2. The van der Waals surface area contributed by atoms with E-state index in [2.05, 4.69) is 6.07 Å². The van der Waals surface area contributed by atoms with E-state index in [1.165, 1.54) is 12.0 Å². The number of aryl methyl sites for hydroxylation is 1. The van der Waals surface area contributed by atoms with Crippen LogP contribution in [0.5, 0.6) is 5.75 Å². The molecule has 1 atom stereocenters. The lowest BCUT2D eigenvalue weighted by Crippen LogP contribution is -2.29. The van der Waals surface area contributed by atoms with E-state index >= 15 is 0 Å². The van der Waals surface area contributed by atoms with E-state index < -0.39 is 10.0 Å². The van der Waals surface area contributed by atoms with Crippen LogP contribution >= 0.6 is 11.3 Å². The second-order valence-electron chi connectivity index (χ2n) is 5.52. The second-order valence-corrected chi connectivity index (χ2v) is 8.40. The Morgan fingerprint density at radius 2 is 2.14 bits per heavy atom. The van der Waals surface area contributed by atoms with E-state index in [9.17, 15) is 8.42 Å². The summed E-state index contributed by atoms with van der Waals surface area (Å²) in [6.07, 6.45) is 0.869. The lowest BCUT2D eigenvalue weighted by atomic mass is 10.1. The fourth-order valence-electron chi connectivity index (χ4n) is 2.83. The van der Waals surface area contributed by atoms with Gasteiger partial charge in [0.05, 0.1) is 7.11 Å². The highest BCUT2D eigenvalue weighted by molar-refractivity contribution is 7.89. The number of ether oxygens (including phenoxy) is 1. The Labute approximate surface area is 135 Å². The monoisotopic (exact) mass is 337 g/mol. The smallest absolute Gasteiger partial charge is 0.246 e. The zero-order valence-corrected chi connectivity index (χ0v) is 14.3. The third kappa shape index (κ3) is 2.78. The average Bonchev–Trinajstić information content (AvgIpc) is 3.18. The Hall–Kier alpha value is -1.37. The van der Waals surface area contributed by atoms with E-state index in [-0.39, 0.29) is 4.90 Å². The quantitative estimate of drug-likeness (QED) is 0.860. The molecule has 1 aliphatic heterocycles. The topological polar surface area (TPSA) is 46.6 Å². The van der Waals surface area contributed by atoms with Crippen molar-refractivity contribution in [3.63, 3.8) is 0 Å². The number of hydrogen-bond donors (Lipinski definition) is 0. The maximum Gasteiger partial charge on any atom is 0.246 e. The molecule has 0 N–H and O–H groups in total. The molecule has 0 bridgehead atoms. The summed E-state index contributed by atoms with van der Waals surface area (Å²) in [5, 5.41) is 2.04. The Balaban J connectivity index is 1.90. The SMILES string of the molecule is COc1ccc(C)cc1S(=O)(=O)N1CCC(c2cccs2)C1. The first-order valence-electron chi connectivity index (χ1n) is 7.20. The molecular formula is C16H19NO3S2. The average molecular weight is 337 g/mol. The van der Waals surface area contributed by atoms with Crippen LogP contribution in [0.15, 0.2) is 40.6 Å². The molecule has 0 radical (unpaired) electrons. The number of benzene rings is 1. The van der Waals surface area contributed by atoms with Gasteiger partial charge in [-0.25, -0.2) is 8.42 Å². The Kier molecular flexibility index (Phi) is 4.25. The Morgan fingerprint density at radius 1 is 1.32 bits per heavy atom. The predicted octanol–water partition coefficient (Wildman–Crippen LogP) is 3.24. The molecule has 6 heteroatoms. The number of methoxy groups -OCH3 is 1. The Morgan fingerprint density at radius 3 is 2.82 bits per heavy atom. The summed E-state index contributed by atoms with van der Waals surface area (Å²) in [6.45, 7) is 2.98. The van der Waals surface area contributed by atoms with Crippen molar-refractivity contribution in [2.24, 2.45) is 0 Å². The van der Waals surface area contributed by atoms with Gasteiger partial charge < -0.3 is 4.74 Å². The third-order valence-electron chi connectivity index (χ3n) is 4.03. The molecule has 2 heterocycles. The lowest BCUT2D eigenvalue weighted by molar-refractivity contribution is 0.398. The molecule has 1 aliphatic rings. The van der Waals surface area contributed by atoms with Crippen LogP contribution in [0.3, 0.4) is 0 Å². The molecule has 0 amide bonds. The summed E-state index contributed by atoms with van der Waals surface area (Å²) in [5.74, 6) is 0.704. The van der Waals surface area contributed by atoms with Gasteiger partial charge in [-0.1, -0.05) is 12.1 Å². The summed E-state index contributed by atoms with van der Waals surface area (Å²) >= 11 is 1.69. The van der Waals surface area contributed by atoms with E-state index in [1.807, 2.05) is 24.4 Å². The first kappa shape index (κ1) is 15.5. The van der Waals surface area contributed by atoms with Gasteiger partial charge >= 0.3 is 0 Å². The highest BCUT2D eigenvalue weighted by Gasteiger charge is 2.35. The number of nitrogens with zero attached hydrogens (tertiary/aromatic N) is 1. The van der Waals surface area contributed by atoms with Crippen LogP contribution < -0.4 is 4.74 Å². The molecule has 1 aromatic carbocycles. The molecule has 22 heavy (non-hydrogen) atoms. The zero-order valence-electron chi connectivity index (χ0n) is 12.7. The molecule has 1 fully saturated rings. The number of sulfonamides is 1. The predicted molar refractivity (Wildman–Crippen MR) is 88.2 cm³/mol. The third-order valence-corrected chi connectivity index (χ3v) is 6.95. The van der Waals surface area contributed by atoms with Gasteiger partial charge in [0.15, 0.2) is 0 Å². The van der Waals surface area contributed by atoms with Crippen molar-refractivity contribution in [2.45, 2.75) is 24.2 Å². The molecule has 0 spiro atoms. The molecule has 2 aromatic rings. The van der Waals surface area contributed by atoms with Gasteiger partial charge in [0.25, 0.3) is 0 Å². The minimum Gasteiger partial charge on any atom is -0.495 e. The minimum atomic E-state index is -3.51. The van der Waals surface area contributed by atoms with Crippen molar-refractivity contribution in [1.82, 2.24) is 4.31 Å². The van der Waals surface area contributed by atoms with Gasteiger partial charge in [-0.05, 0) is 42.5 Å². The molecule has 1 unspecified atom stereocenters.